The van der Waals surface area contributed by atoms with E-state index in [-0.39, 0.29) is 1.43 Å². The highest BCUT2D eigenvalue weighted by Gasteiger charge is 2.42. The zero-order valence-corrected chi connectivity index (χ0v) is 22.4. The number of Topliss-reactive ketones (excluding diaryl/α,β-unsaturated/α-hetero) is 1. The minimum absolute atomic E-state index is 0. The minimum Gasteiger partial charge on any atom is -0.346 e. The van der Waals surface area contributed by atoms with Crippen molar-refractivity contribution in [2.45, 2.75) is 91.1 Å². The molecule has 35 heavy (non-hydrogen) atoms. The van der Waals surface area contributed by atoms with E-state index >= 15 is 0 Å². The molecular weight excluding hydrogens is 454 g/mol. The standard InChI is InChI=1S/C28H35N5OS.H2/c1-14(2)23-24-18(6)26(19-9-20-7-8-21(10-19)32(20)11-15(3)34)35-28(24)31-25(23)22-12-33-27(29-13-30-33)17(5)16(22)4;/h12-14,19-21,31H,7-11H2,1-6H3;1H/t19?,20-,21?;/m1./s1. The van der Waals surface area contributed by atoms with Gasteiger partial charge in [-0.15, -0.1) is 11.3 Å². The Morgan fingerprint density at radius 3 is 2.54 bits per heavy atom. The quantitative estimate of drug-likeness (QED) is 0.344. The fraction of sp³-hybridized carbons (Fsp3) is 0.536. The number of carbonyl (C=O) groups is 1. The van der Waals surface area contributed by atoms with Crippen molar-refractivity contribution in [3.05, 3.63) is 39.7 Å². The number of pyridine rings is 1. The SMILES string of the molecule is CC(=O)CN1C2CC[C@@H]1CC(c1sc3[nH]c(-c4cn5ncnc5c(C)c4C)c(C(C)C)c3c1C)C2.[HH]. The molecule has 2 bridgehead atoms. The van der Waals surface area contributed by atoms with Gasteiger partial charge in [0.25, 0.3) is 0 Å². The van der Waals surface area contributed by atoms with Gasteiger partial charge in [-0.05, 0) is 87.5 Å². The average molecular weight is 492 g/mol. The monoisotopic (exact) mass is 491 g/mol. The van der Waals surface area contributed by atoms with Gasteiger partial charge in [0.1, 0.15) is 16.9 Å². The number of nitrogens with one attached hydrogen (secondary N) is 1. The van der Waals surface area contributed by atoms with Crippen molar-refractivity contribution in [2.24, 2.45) is 0 Å². The third-order valence-corrected chi connectivity index (χ3v) is 9.96. The summed E-state index contributed by atoms with van der Waals surface area (Å²) in [5, 5.41) is 5.85. The van der Waals surface area contributed by atoms with Crippen molar-refractivity contribution in [2.75, 3.05) is 6.54 Å². The number of rotatable bonds is 5. The van der Waals surface area contributed by atoms with Crippen LogP contribution in [0.3, 0.4) is 0 Å². The number of aromatic amines is 1. The van der Waals surface area contributed by atoms with E-state index in [1.807, 2.05) is 15.9 Å². The van der Waals surface area contributed by atoms with Crippen molar-refractivity contribution in [1.82, 2.24) is 24.5 Å². The van der Waals surface area contributed by atoms with Crippen LogP contribution in [0.4, 0.5) is 0 Å². The van der Waals surface area contributed by atoms with E-state index in [1.165, 1.54) is 69.4 Å². The van der Waals surface area contributed by atoms with Crippen molar-refractivity contribution in [3.63, 3.8) is 0 Å². The number of aryl methyl sites for hydroxylation is 2. The van der Waals surface area contributed by atoms with E-state index in [2.05, 4.69) is 60.8 Å². The molecule has 0 saturated carbocycles. The highest BCUT2D eigenvalue weighted by atomic mass is 32.1. The minimum atomic E-state index is 0. The zero-order valence-electron chi connectivity index (χ0n) is 21.6. The summed E-state index contributed by atoms with van der Waals surface area (Å²) < 4.78 is 1.90. The summed E-state index contributed by atoms with van der Waals surface area (Å²) in [4.78, 5) is 25.5. The Hall–Kier alpha value is -2.51. The molecule has 6 rings (SSSR count). The van der Waals surface area contributed by atoms with E-state index in [0.717, 1.165) is 5.65 Å². The molecule has 2 unspecified atom stereocenters. The van der Waals surface area contributed by atoms with Crippen LogP contribution in [0, 0.1) is 20.8 Å². The van der Waals surface area contributed by atoms with Gasteiger partial charge >= 0.3 is 0 Å². The van der Waals surface area contributed by atoms with Crippen molar-refractivity contribution in [1.29, 1.82) is 0 Å². The molecule has 3 atom stereocenters. The summed E-state index contributed by atoms with van der Waals surface area (Å²) in [7, 11) is 0. The van der Waals surface area contributed by atoms with E-state index in [4.69, 9.17) is 0 Å². The third-order valence-electron chi connectivity index (χ3n) is 8.59. The van der Waals surface area contributed by atoms with Crippen molar-refractivity contribution >= 4 is 33.0 Å². The predicted octanol–water partition coefficient (Wildman–Crippen LogP) is 6.53. The second kappa shape index (κ2) is 8.27. The number of carbonyl (C=O) groups excluding carboxylic acids is 1. The summed E-state index contributed by atoms with van der Waals surface area (Å²) in [6.45, 7) is 13.6. The average Bonchev–Trinajstić information content (AvgIpc) is 3.53. The fourth-order valence-corrected chi connectivity index (χ4v) is 8.24. The number of hydrogen-bond donors (Lipinski definition) is 1. The molecule has 0 amide bonds. The van der Waals surface area contributed by atoms with E-state index in [9.17, 15) is 4.79 Å². The maximum absolute atomic E-state index is 11.8. The molecule has 2 aliphatic rings. The van der Waals surface area contributed by atoms with E-state index in [0.29, 0.717) is 36.2 Å². The zero-order chi connectivity index (χ0) is 24.6. The molecule has 0 aromatic carbocycles. The maximum Gasteiger partial charge on any atom is 0.158 e. The number of hydrogen-bond acceptors (Lipinski definition) is 5. The first kappa shape index (κ1) is 22.9. The van der Waals surface area contributed by atoms with Crippen LogP contribution in [0.15, 0.2) is 12.5 Å². The van der Waals surface area contributed by atoms with Gasteiger partial charge in [-0.2, -0.15) is 5.10 Å². The first-order chi connectivity index (χ1) is 16.7. The molecule has 0 radical (unpaired) electrons. The first-order valence-corrected chi connectivity index (χ1v) is 13.8. The molecule has 2 saturated heterocycles. The number of piperidine rings is 1. The molecule has 2 aliphatic heterocycles. The lowest BCUT2D eigenvalue weighted by Crippen LogP contribution is -2.44. The highest BCUT2D eigenvalue weighted by molar-refractivity contribution is 7.19. The Bertz CT molecular complexity index is 1450. The van der Waals surface area contributed by atoms with Crippen LogP contribution < -0.4 is 0 Å². The van der Waals surface area contributed by atoms with Gasteiger partial charge in [0.05, 0.1) is 12.2 Å². The predicted molar refractivity (Wildman–Crippen MR) is 145 cm³/mol. The van der Waals surface area contributed by atoms with Gasteiger partial charge < -0.3 is 4.98 Å². The third kappa shape index (κ3) is 3.50. The topological polar surface area (TPSA) is 66.3 Å². The van der Waals surface area contributed by atoms with Crippen LogP contribution in [0.25, 0.3) is 27.1 Å². The lowest BCUT2D eigenvalue weighted by molar-refractivity contribution is -0.119. The summed E-state index contributed by atoms with van der Waals surface area (Å²) in [5.74, 6) is 1.30. The molecule has 7 heteroatoms. The van der Waals surface area contributed by atoms with Gasteiger partial charge in [-0.1, -0.05) is 13.8 Å². The highest BCUT2D eigenvalue weighted by Crippen LogP contribution is 2.50. The number of ketones is 1. The Labute approximate surface area is 212 Å². The molecule has 2 fully saturated rings. The molecule has 6 heterocycles. The fourth-order valence-electron chi connectivity index (χ4n) is 6.89. The molecule has 1 N–H and O–H groups in total. The number of H-pyrrole nitrogens is 1. The maximum atomic E-state index is 11.8. The molecule has 186 valence electrons. The largest absolute Gasteiger partial charge is 0.346 e. The van der Waals surface area contributed by atoms with Gasteiger partial charge in [0.2, 0.25) is 0 Å². The lowest BCUT2D eigenvalue weighted by atomic mass is 9.86. The second-order valence-corrected chi connectivity index (χ2v) is 12.2. The van der Waals surface area contributed by atoms with Crippen LogP contribution in [0.2, 0.25) is 0 Å². The molecule has 4 aromatic heterocycles. The first-order valence-electron chi connectivity index (χ1n) is 12.9. The van der Waals surface area contributed by atoms with Crippen LogP contribution >= 0.6 is 11.3 Å². The van der Waals surface area contributed by atoms with Gasteiger partial charge in [0, 0.05) is 35.5 Å². The van der Waals surface area contributed by atoms with Crippen LogP contribution in [0.5, 0.6) is 0 Å². The van der Waals surface area contributed by atoms with E-state index < -0.39 is 0 Å². The molecule has 6 nitrogen and oxygen atoms in total. The number of thiophene rings is 1. The number of fused-ring (bicyclic) bond motifs is 4. The van der Waals surface area contributed by atoms with Crippen molar-refractivity contribution < 1.29 is 6.22 Å². The van der Waals surface area contributed by atoms with Crippen LogP contribution in [-0.4, -0.2) is 48.9 Å². The van der Waals surface area contributed by atoms with E-state index in [1.54, 1.807) is 18.1 Å². The Balaban J connectivity index is 0.00000267. The van der Waals surface area contributed by atoms with Crippen LogP contribution in [0.1, 0.15) is 86.8 Å². The Kier molecular flexibility index (Phi) is 5.42. The normalized spacial score (nSPS) is 22.8. The summed E-state index contributed by atoms with van der Waals surface area (Å²) in [5.41, 5.74) is 8.67. The van der Waals surface area contributed by atoms with Gasteiger partial charge in [0.15, 0.2) is 5.65 Å². The Morgan fingerprint density at radius 2 is 1.89 bits per heavy atom. The van der Waals surface area contributed by atoms with Crippen LogP contribution in [-0.2, 0) is 4.79 Å². The number of nitrogens with zero attached hydrogens (tertiary/aromatic N) is 4. The smallest absolute Gasteiger partial charge is 0.158 e. The molecule has 0 spiro atoms. The second-order valence-electron chi connectivity index (χ2n) is 11.1. The Morgan fingerprint density at radius 1 is 1.17 bits per heavy atom. The molecule has 0 aliphatic carbocycles. The van der Waals surface area contributed by atoms with Crippen molar-refractivity contribution in [3.8, 4) is 11.3 Å². The summed E-state index contributed by atoms with van der Waals surface area (Å²) in [6.07, 6.45) is 8.60. The van der Waals surface area contributed by atoms with Gasteiger partial charge in [-0.3, -0.25) is 9.69 Å². The lowest BCUT2D eigenvalue weighted by Gasteiger charge is -2.38. The number of aromatic nitrogens is 4. The molecular formula is C28H37N5OS. The molecule has 4 aromatic rings. The summed E-state index contributed by atoms with van der Waals surface area (Å²) >= 11 is 1.96. The van der Waals surface area contributed by atoms with Gasteiger partial charge in [-0.25, -0.2) is 9.50 Å². The summed E-state index contributed by atoms with van der Waals surface area (Å²) in [6, 6.07) is 1.12.